The van der Waals surface area contributed by atoms with E-state index in [9.17, 15) is 4.39 Å². The molecule has 0 radical (unpaired) electrons. The maximum Gasteiger partial charge on any atom is 0.141 e. The normalized spacial score (nSPS) is 12.2. The third-order valence-electron chi connectivity index (χ3n) is 3.05. The number of benzene rings is 1. The van der Waals surface area contributed by atoms with Gasteiger partial charge in [0.15, 0.2) is 0 Å². The number of nitrogens with two attached hydrogens (primary N) is 1. The molecule has 0 amide bonds. The number of halogens is 2. The summed E-state index contributed by atoms with van der Waals surface area (Å²) in [6.45, 7) is 0. The Hall–Kier alpha value is -1.50. The lowest BCUT2D eigenvalue weighted by atomic mass is 9.99. The van der Waals surface area contributed by atoms with Gasteiger partial charge in [0.25, 0.3) is 0 Å². The molecule has 6 heteroatoms. The minimum Gasteiger partial charge on any atom is -0.495 e. The first-order chi connectivity index (χ1) is 9.65. The molecule has 0 spiro atoms. The highest BCUT2D eigenvalue weighted by Crippen LogP contribution is 2.27. The molecule has 2 aromatic rings. The largest absolute Gasteiger partial charge is 0.495 e. The molecule has 1 aromatic carbocycles. The molecule has 0 aliphatic carbocycles. The van der Waals surface area contributed by atoms with Gasteiger partial charge < -0.3 is 4.74 Å². The first-order valence-corrected chi connectivity index (χ1v) is 6.83. The number of hydrogen-bond acceptors (Lipinski definition) is 4. The fraction of sp³-hybridized carbons (Fsp3) is 0.214. The van der Waals surface area contributed by atoms with Crippen molar-refractivity contribution in [3.05, 3.63) is 58.1 Å². The van der Waals surface area contributed by atoms with Gasteiger partial charge in [0.05, 0.1) is 19.3 Å². The molecule has 4 nitrogen and oxygen atoms in total. The van der Waals surface area contributed by atoms with E-state index in [0.717, 1.165) is 5.56 Å². The summed E-state index contributed by atoms with van der Waals surface area (Å²) in [5.74, 6) is 5.95. The van der Waals surface area contributed by atoms with Crippen LogP contribution in [0.2, 0.25) is 0 Å². The molecule has 1 heterocycles. The number of ether oxygens (including phenoxy) is 1. The van der Waals surface area contributed by atoms with E-state index in [1.54, 1.807) is 37.7 Å². The van der Waals surface area contributed by atoms with Gasteiger partial charge in [-0.3, -0.25) is 16.3 Å². The second kappa shape index (κ2) is 6.78. The maximum atomic E-state index is 13.9. The van der Waals surface area contributed by atoms with Crippen LogP contribution >= 0.6 is 15.9 Å². The minimum absolute atomic E-state index is 0.261. The van der Waals surface area contributed by atoms with E-state index in [4.69, 9.17) is 10.6 Å². The third kappa shape index (κ3) is 3.33. The number of hydrazine groups is 1. The quantitative estimate of drug-likeness (QED) is 0.649. The van der Waals surface area contributed by atoms with Crippen LogP contribution in [0.1, 0.15) is 17.2 Å². The highest BCUT2D eigenvalue weighted by molar-refractivity contribution is 9.10. The summed E-state index contributed by atoms with van der Waals surface area (Å²) >= 11 is 3.24. The van der Waals surface area contributed by atoms with Gasteiger partial charge in [-0.15, -0.1) is 0 Å². The van der Waals surface area contributed by atoms with E-state index >= 15 is 0 Å². The van der Waals surface area contributed by atoms with Crippen LogP contribution in [0.25, 0.3) is 0 Å². The molecule has 0 fully saturated rings. The van der Waals surface area contributed by atoms with E-state index < -0.39 is 0 Å². The van der Waals surface area contributed by atoms with Crippen molar-refractivity contribution < 1.29 is 9.13 Å². The number of hydrogen-bond donors (Lipinski definition) is 2. The van der Waals surface area contributed by atoms with Crippen LogP contribution in [0.4, 0.5) is 4.39 Å². The fourth-order valence-electron chi connectivity index (χ4n) is 2.01. The average Bonchev–Trinajstić information content (AvgIpc) is 2.46. The summed E-state index contributed by atoms with van der Waals surface area (Å²) in [6.07, 6.45) is 3.67. The Bertz CT molecular complexity index is 594. The standard InChI is InChI=1S/C14H15BrFN3O/c1-20-14-8-18-5-4-11(14)13(19-17)6-9-2-3-10(15)7-12(9)16/h2-5,7-8,13,19H,6,17H2,1H3. The smallest absolute Gasteiger partial charge is 0.141 e. The topological polar surface area (TPSA) is 60.2 Å². The molecule has 1 unspecified atom stereocenters. The number of aromatic nitrogens is 1. The van der Waals surface area contributed by atoms with Gasteiger partial charge in [-0.25, -0.2) is 4.39 Å². The number of methoxy groups -OCH3 is 1. The number of nitrogens with zero attached hydrogens (tertiary/aromatic N) is 1. The molecule has 0 saturated heterocycles. The first-order valence-electron chi connectivity index (χ1n) is 6.03. The monoisotopic (exact) mass is 339 g/mol. The summed E-state index contributed by atoms with van der Waals surface area (Å²) < 4.78 is 19.9. The van der Waals surface area contributed by atoms with Crippen LogP contribution in [0, 0.1) is 5.82 Å². The van der Waals surface area contributed by atoms with E-state index in [0.29, 0.717) is 22.2 Å². The van der Waals surface area contributed by atoms with Crippen LogP contribution in [0.5, 0.6) is 5.75 Å². The fourth-order valence-corrected chi connectivity index (χ4v) is 2.35. The van der Waals surface area contributed by atoms with Gasteiger partial charge in [0.2, 0.25) is 0 Å². The number of rotatable bonds is 5. The molecular weight excluding hydrogens is 325 g/mol. The molecule has 0 aliphatic rings. The van der Waals surface area contributed by atoms with Crippen LogP contribution in [-0.4, -0.2) is 12.1 Å². The molecule has 3 N–H and O–H groups in total. The predicted molar refractivity (Wildman–Crippen MR) is 78.7 cm³/mol. The maximum absolute atomic E-state index is 13.9. The molecule has 106 valence electrons. The average molecular weight is 340 g/mol. The van der Waals surface area contributed by atoms with Crippen molar-refractivity contribution in [2.24, 2.45) is 5.84 Å². The van der Waals surface area contributed by atoms with Gasteiger partial charge in [0.1, 0.15) is 11.6 Å². The zero-order valence-electron chi connectivity index (χ0n) is 10.9. The lowest BCUT2D eigenvalue weighted by Crippen LogP contribution is -2.30. The Balaban J connectivity index is 2.29. The van der Waals surface area contributed by atoms with Gasteiger partial charge in [-0.2, -0.15) is 0 Å². The van der Waals surface area contributed by atoms with Crippen molar-refractivity contribution in [2.75, 3.05) is 7.11 Å². The Kier molecular flexibility index (Phi) is 5.05. The van der Waals surface area contributed by atoms with Crippen molar-refractivity contribution in [1.82, 2.24) is 10.4 Å². The Morgan fingerprint density at radius 3 is 2.90 bits per heavy atom. The molecule has 1 atom stereocenters. The van der Waals surface area contributed by atoms with Crippen LogP contribution in [0.15, 0.2) is 41.1 Å². The van der Waals surface area contributed by atoms with E-state index in [-0.39, 0.29) is 11.9 Å². The van der Waals surface area contributed by atoms with Crippen molar-refractivity contribution in [3.63, 3.8) is 0 Å². The Morgan fingerprint density at radius 2 is 2.25 bits per heavy atom. The van der Waals surface area contributed by atoms with Gasteiger partial charge in [0, 0.05) is 16.2 Å². The molecule has 1 aromatic heterocycles. The molecule has 20 heavy (non-hydrogen) atoms. The summed E-state index contributed by atoms with van der Waals surface area (Å²) in [7, 11) is 1.56. The first kappa shape index (κ1) is 14.9. The van der Waals surface area contributed by atoms with Crippen molar-refractivity contribution >= 4 is 15.9 Å². The highest BCUT2D eigenvalue weighted by Gasteiger charge is 2.17. The molecular formula is C14H15BrFN3O. The lowest BCUT2D eigenvalue weighted by Gasteiger charge is -2.19. The minimum atomic E-state index is -0.271. The van der Waals surface area contributed by atoms with E-state index in [1.165, 1.54) is 6.07 Å². The summed E-state index contributed by atoms with van der Waals surface area (Å²) in [5.41, 5.74) is 4.12. The molecule has 0 bridgehead atoms. The lowest BCUT2D eigenvalue weighted by molar-refractivity contribution is 0.396. The van der Waals surface area contributed by atoms with Crippen LogP contribution in [-0.2, 0) is 6.42 Å². The Labute approximate surface area is 125 Å². The second-order valence-corrected chi connectivity index (χ2v) is 5.19. The molecule has 2 rings (SSSR count). The van der Waals surface area contributed by atoms with Gasteiger partial charge in [-0.05, 0) is 30.2 Å². The van der Waals surface area contributed by atoms with Crippen LogP contribution in [0.3, 0.4) is 0 Å². The van der Waals surface area contributed by atoms with Crippen molar-refractivity contribution in [2.45, 2.75) is 12.5 Å². The third-order valence-corrected chi connectivity index (χ3v) is 3.55. The zero-order valence-corrected chi connectivity index (χ0v) is 12.5. The van der Waals surface area contributed by atoms with E-state index in [1.807, 2.05) is 0 Å². The van der Waals surface area contributed by atoms with Crippen LogP contribution < -0.4 is 16.0 Å². The van der Waals surface area contributed by atoms with Crippen molar-refractivity contribution in [3.8, 4) is 5.75 Å². The Morgan fingerprint density at radius 1 is 1.45 bits per heavy atom. The summed E-state index contributed by atoms with van der Waals surface area (Å²) in [5, 5.41) is 0. The summed E-state index contributed by atoms with van der Waals surface area (Å²) in [6, 6.07) is 6.52. The number of nitrogens with one attached hydrogen (secondary N) is 1. The molecule has 0 saturated carbocycles. The van der Waals surface area contributed by atoms with Gasteiger partial charge in [-0.1, -0.05) is 22.0 Å². The second-order valence-electron chi connectivity index (χ2n) is 4.28. The van der Waals surface area contributed by atoms with E-state index in [2.05, 4.69) is 26.3 Å². The summed E-state index contributed by atoms with van der Waals surface area (Å²) in [4.78, 5) is 4.00. The van der Waals surface area contributed by atoms with Crippen molar-refractivity contribution in [1.29, 1.82) is 0 Å². The SMILES string of the molecule is COc1cnccc1C(Cc1ccc(Br)cc1F)NN. The highest BCUT2D eigenvalue weighted by atomic mass is 79.9. The van der Waals surface area contributed by atoms with Gasteiger partial charge >= 0.3 is 0 Å². The molecule has 0 aliphatic heterocycles. The zero-order chi connectivity index (χ0) is 14.5. The number of pyridine rings is 1. The predicted octanol–water partition coefficient (Wildman–Crippen LogP) is 2.74.